The number of thioether (sulfide) groups is 1. The molecule has 3 N–H and O–H groups in total. The number of hydrogen-bond donors (Lipinski definition) is 3. The number of carbonyl (C=O) groups is 1. The van der Waals surface area contributed by atoms with E-state index in [1.165, 1.54) is 11.1 Å². The molecule has 0 unspecified atom stereocenters. The minimum absolute atomic E-state index is 0.227. The molecule has 0 saturated carbocycles. The van der Waals surface area contributed by atoms with Crippen molar-refractivity contribution in [2.75, 3.05) is 11.6 Å². The van der Waals surface area contributed by atoms with E-state index >= 15 is 0 Å². The molecule has 2 aromatic rings. The lowest BCUT2D eigenvalue weighted by Crippen LogP contribution is -2.43. The Hall–Kier alpha value is -2.05. The lowest BCUT2D eigenvalue weighted by Gasteiger charge is -2.13. The maximum Gasteiger partial charge on any atom is 0.269 e. The van der Waals surface area contributed by atoms with Gasteiger partial charge in [0.1, 0.15) is 0 Å². The molecular weight excluding hydrogens is 350 g/mol. The maximum atomic E-state index is 12.1. The monoisotopic (exact) mass is 373 g/mol. The Morgan fingerprint density at radius 3 is 2.24 bits per heavy atom. The number of hydrogen-bond acceptors (Lipinski definition) is 3. The van der Waals surface area contributed by atoms with Gasteiger partial charge in [-0.25, -0.2) is 0 Å². The van der Waals surface area contributed by atoms with Gasteiger partial charge in [-0.2, -0.15) is 11.8 Å². The van der Waals surface area contributed by atoms with Crippen LogP contribution >= 0.6 is 24.0 Å². The number of amides is 1. The first-order chi connectivity index (χ1) is 12.0. The largest absolute Gasteiger partial charge is 0.331 e. The summed E-state index contributed by atoms with van der Waals surface area (Å²) in [5.74, 6) is 1.19. The van der Waals surface area contributed by atoms with Gasteiger partial charge in [-0.05, 0) is 59.8 Å². The fraction of sp³-hybridized carbons (Fsp3) is 0.263. The summed E-state index contributed by atoms with van der Waals surface area (Å²) in [6, 6.07) is 15.6. The second-order valence-corrected chi connectivity index (χ2v) is 7.21. The van der Waals surface area contributed by atoms with E-state index in [-0.39, 0.29) is 5.91 Å². The van der Waals surface area contributed by atoms with Crippen LogP contribution in [0.25, 0.3) is 0 Å². The molecule has 4 nitrogen and oxygen atoms in total. The summed E-state index contributed by atoms with van der Waals surface area (Å²) in [4.78, 5) is 12.1. The molecule has 0 aromatic heterocycles. The van der Waals surface area contributed by atoms with Crippen molar-refractivity contribution in [1.29, 1.82) is 0 Å². The van der Waals surface area contributed by atoms with Crippen molar-refractivity contribution in [2.45, 2.75) is 25.5 Å². The molecule has 0 aliphatic carbocycles. The average molecular weight is 374 g/mol. The molecule has 0 spiro atoms. The van der Waals surface area contributed by atoms with Gasteiger partial charge in [-0.15, -0.1) is 0 Å². The standard InChI is InChI=1S/C19H23N3OS2/c1-13(2)15-8-10-17(11-9-15)20-19(24)22-21-18(23)16-6-4-14(5-7-16)12-25-3/h4-11,13H,12H2,1-3H3,(H,21,23)(H2,20,22,24). The van der Waals surface area contributed by atoms with Gasteiger partial charge in [0, 0.05) is 17.0 Å². The number of carbonyl (C=O) groups excluding carboxylic acids is 1. The molecule has 2 aromatic carbocycles. The van der Waals surface area contributed by atoms with Crippen LogP contribution in [-0.2, 0) is 5.75 Å². The smallest absolute Gasteiger partial charge is 0.269 e. The van der Waals surface area contributed by atoms with Gasteiger partial charge in [0.2, 0.25) is 0 Å². The van der Waals surface area contributed by atoms with Crippen molar-refractivity contribution in [3.8, 4) is 0 Å². The molecule has 0 saturated heterocycles. The third kappa shape index (κ3) is 6.07. The zero-order valence-electron chi connectivity index (χ0n) is 14.6. The Morgan fingerprint density at radius 1 is 1.04 bits per heavy atom. The molecule has 0 fully saturated rings. The van der Waals surface area contributed by atoms with Crippen LogP contribution in [0.2, 0.25) is 0 Å². The van der Waals surface area contributed by atoms with Gasteiger partial charge in [0.15, 0.2) is 5.11 Å². The zero-order chi connectivity index (χ0) is 18.2. The summed E-state index contributed by atoms with van der Waals surface area (Å²) in [5, 5.41) is 3.38. The van der Waals surface area contributed by atoms with Crippen LogP contribution in [0, 0.1) is 0 Å². The fourth-order valence-corrected chi connectivity index (χ4v) is 2.91. The highest BCUT2D eigenvalue weighted by Crippen LogP contribution is 2.17. The molecule has 1 amide bonds. The predicted molar refractivity (Wildman–Crippen MR) is 111 cm³/mol. The summed E-state index contributed by atoms with van der Waals surface area (Å²) in [6.07, 6.45) is 2.05. The molecular formula is C19H23N3OS2. The summed E-state index contributed by atoms with van der Waals surface area (Å²) in [7, 11) is 0. The topological polar surface area (TPSA) is 53.2 Å². The number of nitrogens with one attached hydrogen (secondary N) is 3. The Labute approximate surface area is 158 Å². The third-order valence-electron chi connectivity index (χ3n) is 3.65. The average Bonchev–Trinajstić information content (AvgIpc) is 2.61. The molecule has 25 heavy (non-hydrogen) atoms. The van der Waals surface area contributed by atoms with Crippen molar-refractivity contribution in [1.82, 2.24) is 10.9 Å². The summed E-state index contributed by atoms with van der Waals surface area (Å²) in [5.41, 5.74) is 9.24. The Balaban J connectivity index is 1.83. The van der Waals surface area contributed by atoms with E-state index < -0.39 is 0 Å². The third-order valence-corrected chi connectivity index (χ3v) is 4.48. The van der Waals surface area contributed by atoms with E-state index in [0.717, 1.165) is 11.4 Å². The van der Waals surface area contributed by atoms with Crippen LogP contribution in [0.3, 0.4) is 0 Å². The highest BCUT2D eigenvalue weighted by molar-refractivity contribution is 7.97. The molecule has 0 radical (unpaired) electrons. The predicted octanol–water partition coefficient (Wildman–Crippen LogP) is 4.30. The molecule has 0 bridgehead atoms. The van der Waals surface area contributed by atoms with Gasteiger partial charge in [-0.1, -0.05) is 38.1 Å². The second-order valence-electron chi connectivity index (χ2n) is 5.94. The number of thiocarbonyl (C=S) groups is 1. The number of rotatable bonds is 5. The Kier molecular flexibility index (Phi) is 7.28. The Bertz CT molecular complexity index is 712. The number of hydrazine groups is 1. The molecule has 2 rings (SSSR count). The molecule has 132 valence electrons. The van der Waals surface area contributed by atoms with E-state index in [2.05, 4.69) is 48.4 Å². The summed E-state index contributed by atoms with van der Waals surface area (Å²) >= 11 is 6.95. The fourth-order valence-electron chi connectivity index (χ4n) is 2.22. The molecule has 0 aliphatic heterocycles. The van der Waals surface area contributed by atoms with Gasteiger partial charge >= 0.3 is 0 Å². The van der Waals surface area contributed by atoms with Crippen molar-refractivity contribution in [3.63, 3.8) is 0 Å². The minimum Gasteiger partial charge on any atom is -0.331 e. The SMILES string of the molecule is CSCc1ccc(C(=O)NNC(=S)Nc2ccc(C(C)C)cc2)cc1. The highest BCUT2D eigenvalue weighted by atomic mass is 32.2. The number of anilines is 1. The van der Waals surface area contributed by atoms with Crippen LogP contribution in [-0.4, -0.2) is 17.3 Å². The quantitative estimate of drug-likeness (QED) is 0.539. The van der Waals surface area contributed by atoms with E-state index in [0.29, 0.717) is 16.6 Å². The summed E-state index contributed by atoms with van der Waals surface area (Å²) in [6.45, 7) is 4.30. The first kappa shape index (κ1) is 19.3. The van der Waals surface area contributed by atoms with Crippen molar-refractivity contribution >= 4 is 40.7 Å². The van der Waals surface area contributed by atoms with Crippen molar-refractivity contribution in [3.05, 3.63) is 65.2 Å². The van der Waals surface area contributed by atoms with Crippen LogP contribution < -0.4 is 16.2 Å². The molecule has 6 heteroatoms. The Morgan fingerprint density at radius 2 is 1.68 bits per heavy atom. The van der Waals surface area contributed by atoms with Gasteiger partial charge in [0.05, 0.1) is 0 Å². The molecule has 0 heterocycles. The van der Waals surface area contributed by atoms with Crippen LogP contribution in [0.15, 0.2) is 48.5 Å². The van der Waals surface area contributed by atoms with Crippen LogP contribution in [0.5, 0.6) is 0 Å². The van der Waals surface area contributed by atoms with Gasteiger partial charge in [-0.3, -0.25) is 15.6 Å². The maximum absolute atomic E-state index is 12.1. The van der Waals surface area contributed by atoms with Crippen molar-refractivity contribution < 1.29 is 4.79 Å². The summed E-state index contributed by atoms with van der Waals surface area (Å²) < 4.78 is 0. The van der Waals surface area contributed by atoms with E-state index in [9.17, 15) is 4.79 Å². The molecule has 0 aliphatic rings. The van der Waals surface area contributed by atoms with E-state index in [1.54, 1.807) is 11.8 Å². The lowest BCUT2D eigenvalue weighted by molar-refractivity contribution is 0.0944. The lowest BCUT2D eigenvalue weighted by atomic mass is 10.0. The van der Waals surface area contributed by atoms with Crippen LogP contribution in [0.4, 0.5) is 5.69 Å². The first-order valence-corrected chi connectivity index (χ1v) is 9.85. The van der Waals surface area contributed by atoms with Gasteiger partial charge in [0.25, 0.3) is 5.91 Å². The second kappa shape index (κ2) is 9.44. The van der Waals surface area contributed by atoms with Crippen molar-refractivity contribution in [2.24, 2.45) is 0 Å². The normalized spacial score (nSPS) is 10.4. The minimum atomic E-state index is -0.227. The van der Waals surface area contributed by atoms with Crippen LogP contribution in [0.1, 0.15) is 41.3 Å². The molecule has 0 atom stereocenters. The number of benzene rings is 2. The zero-order valence-corrected chi connectivity index (χ0v) is 16.3. The first-order valence-electron chi connectivity index (χ1n) is 8.04. The van der Waals surface area contributed by atoms with E-state index in [1.807, 2.05) is 36.4 Å². The van der Waals surface area contributed by atoms with E-state index in [4.69, 9.17) is 12.2 Å². The highest BCUT2D eigenvalue weighted by Gasteiger charge is 2.06. The van der Waals surface area contributed by atoms with Gasteiger partial charge < -0.3 is 5.32 Å².